The fraction of sp³-hybridized carbons (Fsp3) is 0.333. The van der Waals surface area contributed by atoms with E-state index in [0.717, 1.165) is 18.9 Å². The predicted octanol–water partition coefficient (Wildman–Crippen LogP) is 2.98. The largest absolute Gasteiger partial charge is 0.497 e. The molecule has 1 heterocycles. The molecule has 0 radical (unpaired) electrons. The van der Waals surface area contributed by atoms with Crippen LogP contribution in [-0.4, -0.2) is 37.3 Å². The molecule has 0 amide bonds. The second kappa shape index (κ2) is 5.35. The lowest BCUT2D eigenvalue weighted by atomic mass is 10.2. The molecule has 108 valence electrons. The molecule has 0 spiro atoms. The Morgan fingerprint density at radius 2 is 2.05 bits per heavy atom. The molecule has 8 heteroatoms. The van der Waals surface area contributed by atoms with Gasteiger partial charge in [-0.3, -0.25) is 4.79 Å². The van der Waals surface area contributed by atoms with Gasteiger partial charge in [-0.1, -0.05) is 0 Å². The van der Waals surface area contributed by atoms with Gasteiger partial charge >= 0.3 is 12.1 Å². The number of benzene rings is 1. The molecule has 0 saturated heterocycles. The summed E-state index contributed by atoms with van der Waals surface area (Å²) in [6, 6.07) is 4.46. The van der Waals surface area contributed by atoms with Crippen LogP contribution in [-0.2, 0) is 9.53 Å². The Morgan fingerprint density at radius 1 is 1.35 bits per heavy atom. The van der Waals surface area contributed by atoms with E-state index < -0.39 is 23.1 Å². The summed E-state index contributed by atoms with van der Waals surface area (Å²) in [5, 5.41) is -1.53. The number of nitrogens with zero attached hydrogens (tertiary/aromatic N) is 1. The molecule has 1 aliphatic rings. The number of thioether (sulfide) groups is 1. The highest BCUT2D eigenvalue weighted by Crippen LogP contribution is 2.43. The number of esters is 1. The maximum Gasteiger partial charge on any atom is 0.431 e. The molecule has 2 rings (SSSR count). The average molecular weight is 305 g/mol. The molecule has 1 unspecified atom stereocenters. The van der Waals surface area contributed by atoms with Crippen molar-refractivity contribution in [2.75, 3.05) is 14.2 Å². The van der Waals surface area contributed by atoms with E-state index in [0.29, 0.717) is 10.6 Å². The first kappa shape index (κ1) is 14.7. The fourth-order valence-corrected chi connectivity index (χ4v) is 2.82. The highest BCUT2D eigenvalue weighted by Gasteiger charge is 2.47. The van der Waals surface area contributed by atoms with Gasteiger partial charge < -0.3 is 9.47 Å². The highest BCUT2D eigenvalue weighted by molar-refractivity contribution is 8.01. The van der Waals surface area contributed by atoms with Crippen LogP contribution in [0.2, 0.25) is 0 Å². The summed E-state index contributed by atoms with van der Waals surface area (Å²) in [7, 11) is 2.48. The monoisotopic (exact) mass is 305 g/mol. The van der Waals surface area contributed by atoms with Gasteiger partial charge in [0.2, 0.25) is 0 Å². The van der Waals surface area contributed by atoms with E-state index in [-0.39, 0.29) is 5.69 Å². The topological polar surface area (TPSA) is 47.9 Å². The van der Waals surface area contributed by atoms with Crippen molar-refractivity contribution in [3.05, 3.63) is 18.2 Å². The van der Waals surface area contributed by atoms with Crippen molar-refractivity contribution in [1.82, 2.24) is 0 Å². The van der Waals surface area contributed by atoms with Gasteiger partial charge in [0.05, 0.1) is 19.9 Å². The van der Waals surface area contributed by atoms with Gasteiger partial charge in [-0.05, 0) is 18.2 Å². The van der Waals surface area contributed by atoms with Crippen molar-refractivity contribution in [1.29, 1.82) is 0 Å². The van der Waals surface area contributed by atoms with E-state index in [4.69, 9.17) is 4.74 Å². The third-order valence-corrected chi connectivity index (χ3v) is 3.84. The number of rotatable bonds is 2. The van der Waals surface area contributed by atoms with Gasteiger partial charge in [0.25, 0.3) is 0 Å². The molecular weight excluding hydrogens is 295 g/mol. The first-order valence-electron chi connectivity index (χ1n) is 5.45. The number of halogens is 3. The van der Waals surface area contributed by atoms with Gasteiger partial charge in [-0.25, -0.2) is 4.99 Å². The Labute approximate surface area is 117 Å². The number of fused-ring (bicyclic) bond motifs is 1. The van der Waals surface area contributed by atoms with Crippen molar-refractivity contribution in [3.63, 3.8) is 0 Å². The quantitative estimate of drug-likeness (QED) is 0.788. The Balaban J connectivity index is 2.50. The summed E-state index contributed by atoms with van der Waals surface area (Å²) >= 11 is 0.749. The molecule has 0 aromatic heterocycles. The lowest BCUT2D eigenvalue weighted by Gasteiger charge is -2.24. The number of methoxy groups -OCH3 is 2. The molecule has 4 nitrogen and oxygen atoms in total. The number of alkyl halides is 3. The average Bonchev–Trinajstić information content (AvgIpc) is 2.43. The molecule has 1 aliphatic heterocycles. The lowest BCUT2D eigenvalue weighted by molar-refractivity contribution is -0.139. The van der Waals surface area contributed by atoms with E-state index in [1.165, 1.54) is 25.3 Å². The minimum Gasteiger partial charge on any atom is -0.497 e. The molecule has 0 N–H and O–H groups in total. The fourth-order valence-electron chi connectivity index (χ4n) is 1.66. The number of hydrogen-bond donors (Lipinski definition) is 0. The molecule has 1 atom stereocenters. The Bertz CT molecular complexity index is 572. The SMILES string of the molecule is COC(=O)C1Sc2cc(OC)ccc2N=C1C(F)(F)F. The highest BCUT2D eigenvalue weighted by atomic mass is 32.2. The summed E-state index contributed by atoms with van der Waals surface area (Å²) in [5.74, 6) is -0.509. The number of aliphatic imine (C=N–C) groups is 1. The standard InChI is InChI=1S/C12H10F3NO3S/c1-18-6-3-4-7-8(5-6)20-9(11(17)19-2)10(16-7)12(13,14)15/h3-5,9H,1-2H3. The van der Waals surface area contributed by atoms with Crippen LogP contribution in [0.25, 0.3) is 0 Å². The second-order valence-electron chi connectivity index (χ2n) is 3.85. The van der Waals surface area contributed by atoms with Crippen LogP contribution in [0.15, 0.2) is 28.1 Å². The van der Waals surface area contributed by atoms with E-state index >= 15 is 0 Å². The summed E-state index contributed by atoms with van der Waals surface area (Å²) in [5.41, 5.74) is -1.00. The van der Waals surface area contributed by atoms with E-state index in [1.807, 2.05) is 0 Å². The first-order chi connectivity index (χ1) is 9.36. The Morgan fingerprint density at radius 3 is 2.60 bits per heavy atom. The summed E-state index contributed by atoms with van der Waals surface area (Å²) in [4.78, 5) is 15.5. The lowest BCUT2D eigenvalue weighted by Crippen LogP contribution is -2.39. The van der Waals surface area contributed by atoms with Crippen molar-refractivity contribution in [2.24, 2.45) is 4.99 Å². The molecule has 1 aromatic rings. The van der Waals surface area contributed by atoms with Crippen LogP contribution in [0.3, 0.4) is 0 Å². The number of carbonyl (C=O) groups is 1. The predicted molar refractivity (Wildman–Crippen MR) is 67.8 cm³/mol. The molecule has 0 bridgehead atoms. The van der Waals surface area contributed by atoms with Gasteiger partial charge in [0, 0.05) is 4.90 Å². The molecule has 1 aromatic carbocycles. The van der Waals surface area contributed by atoms with Gasteiger partial charge in [-0.15, -0.1) is 11.8 Å². The molecule has 20 heavy (non-hydrogen) atoms. The molecule has 0 fully saturated rings. The maximum absolute atomic E-state index is 13.0. The van der Waals surface area contributed by atoms with Gasteiger partial charge in [0.15, 0.2) is 5.25 Å². The summed E-state index contributed by atoms with van der Waals surface area (Å²) < 4.78 is 48.3. The van der Waals surface area contributed by atoms with Crippen molar-refractivity contribution < 1.29 is 27.4 Å². The van der Waals surface area contributed by atoms with Crippen molar-refractivity contribution in [2.45, 2.75) is 16.3 Å². The van der Waals surface area contributed by atoms with Crippen molar-refractivity contribution in [3.8, 4) is 5.75 Å². The van der Waals surface area contributed by atoms with Crippen LogP contribution in [0, 0.1) is 0 Å². The second-order valence-corrected chi connectivity index (χ2v) is 5.00. The van der Waals surface area contributed by atoms with E-state index in [1.54, 1.807) is 0 Å². The number of carbonyl (C=O) groups excluding carboxylic acids is 1. The van der Waals surface area contributed by atoms with E-state index in [2.05, 4.69) is 9.73 Å². The number of ether oxygens (including phenoxy) is 2. The Kier molecular flexibility index (Phi) is 3.94. The van der Waals surface area contributed by atoms with Gasteiger partial charge in [-0.2, -0.15) is 13.2 Å². The van der Waals surface area contributed by atoms with Crippen molar-refractivity contribution >= 4 is 29.1 Å². The minimum absolute atomic E-state index is 0.156. The van der Waals surface area contributed by atoms with Crippen LogP contribution >= 0.6 is 11.8 Å². The molecular formula is C12H10F3NO3S. The summed E-state index contributed by atoms with van der Waals surface area (Å²) in [6.07, 6.45) is -4.69. The first-order valence-corrected chi connectivity index (χ1v) is 6.33. The molecule has 0 aliphatic carbocycles. The third kappa shape index (κ3) is 2.74. The summed E-state index contributed by atoms with van der Waals surface area (Å²) in [6.45, 7) is 0. The normalized spacial score (nSPS) is 18.1. The van der Waals surface area contributed by atoms with Crippen LogP contribution in [0.5, 0.6) is 5.75 Å². The smallest absolute Gasteiger partial charge is 0.431 e. The number of hydrogen-bond acceptors (Lipinski definition) is 5. The van der Waals surface area contributed by atoms with Gasteiger partial charge in [0.1, 0.15) is 11.5 Å². The van der Waals surface area contributed by atoms with Crippen LogP contribution in [0.1, 0.15) is 0 Å². The van der Waals surface area contributed by atoms with Crippen LogP contribution < -0.4 is 4.74 Å². The Hall–Kier alpha value is -1.70. The minimum atomic E-state index is -4.69. The third-order valence-electron chi connectivity index (χ3n) is 2.61. The van der Waals surface area contributed by atoms with E-state index in [9.17, 15) is 18.0 Å². The zero-order valence-corrected chi connectivity index (χ0v) is 11.3. The maximum atomic E-state index is 13.0. The van der Waals surface area contributed by atoms with Crippen LogP contribution in [0.4, 0.5) is 18.9 Å². The zero-order valence-electron chi connectivity index (χ0n) is 10.5. The molecule has 0 saturated carbocycles. The zero-order chi connectivity index (χ0) is 14.9.